The van der Waals surface area contributed by atoms with E-state index in [9.17, 15) is 0 Å². The molecule has 0 radical (unpaired) electrons. The summed E-state index contributed by atoms with van der Waals surface area (Å²) in [7, 11) is 1.58. The predicted octanol–water partition coefficient (Wildman–Crippen LogP) is 3.53. The van der Waals surface area contributed by atoms with Crippen LogP contribution in [0.25, 0.3) is 11.1 Å². The first-order chi connectivity index (χ1) is 13.7. The van der Waals surface area contributed by atoms with Crippen molar-refractivity contribution in [1.29, 1.82) is 0 Å². The zero-order chi connectivity index (χ0) is 19.3. The Morgan fingerprint density at radius 3 is 2.68 bits per heavy atom. The molecule has 0 unspecified atom stereocenters. The lowest BCUT2D eigenvalue weighted by atomic mass is 10.1. The summed E-state index contributed by atoms with van der Waals surface area (Å²) in [6.07, 6.45) is 1.59. The highest BCUT2D eigenvalue weighted by Crippen LogP contribution is 2.36. The molecule has 0 fully saturated rings. The molecule has 4 rings (SSSR count). The first-order valence-corrected chi connectivity index (χ1v) is 8.67. The summed E-state index contributed by atoms with van der Waals surface area (Å²) in [6.45, 7) is 2.33. The van der Waals surface area contributed by atoms with Gasteiger partial charge in [0.2, 0.25) is 11.8 Å². The van der Waals surface area contributed by atoms with E-state index in [2.05, 4.69) is 36.0 Å². The van der Waals surface area contributed by atoms with Crippen molar-refractivity contribution in [2.45, 2.75) is 13.5 Å². The van der Waals surface area contributed by atoms with Gasteiger partial charge in [0.25, 0.3) is 0 Å². The number of anilines is 3. The number of hydrogen-bond donors (Lipinski definition) is 3. The van der Waals surface area contributed by atoms with Crippen LogP contribution in [0.2, 0.25) is 0 Å². The van der Waals surface area contributed by atoms with E-state index in [1.54, 1.807) is 19.4 Å². The van der Waals surface area contributed by atoms with Crippen LogP contribution in [0.1, 0.15) is 11.5 Å². The highest BCUT2D eigenvalue weighted by Gasteiger charge is 2.18. The van der Waals surface area contributed by atoms with Crippen molar-refractivity contribution in [2.24, 2.45) is 0 Å². The summed E-state index contributed by atoms with van der Waals surface area (Å²) < 4.78 is 10.7. The van der Waals surface area contributed by atoms with Gasteiger partial charge in [-0.25, -0.2) is 0 Å². The van der Waals surface area contributed by atoms with Crippen LogP contribution in [0.4, 0.5) is 17.6 Å². The fourth-order valence-electron chi connectivity index (χ4n) is 2.73. The van der Waals surface area contributed by atoms with Crippen LogP contribution in [0, 0.1) is 6.92 Å². The van der Waals surface area contributed by atoms with Gasteiger partial charge in [-0.2, -0.15) is 15.1 Å². The minimum absolute atomic E-state index is 0.391. The fourth-order valence-corrected chi connectivity index (χ4v) is 2.73. The van der Waals surface area contributed by atoms with Crippen LogP contribution < -0.4 is 15.4 Å². The molecule has 0 atom stereocenters. The van der Waals surface area contributed by atoms with Crippen LogP contribution in [-0.4, -0.2) is 32.4 Å². The van der Waals surface area contributed by atoms with Crippen LogP contribution >= 0.6 is 0 Å². The Morgan fingerprint density at radius 1 is 1.14 bits per heavy atom. The lowest BCUT2D eigenvalue weighted by molar-refractivity contribution is 0.387. The number of rotatable bonds is 7. The molecule has 0 saturated heterocycles. The standard InChI is InChI=1S/C19H19N7O2/c1-12-10-15(26-25-12)22-17-16(13-6-4-3-5-7-13)18(27-2)24-19(23-17)20-11-14-8-9-21-28-14/h3-10H,11H2,1-2H3,(H3,20,22,23,24,25,26). The van der Waals surface area contributed by atoms with E-state index < -0.39 is 0 Å². The Balaban J connectivity index is 1.74. The van der Waals surface area contributed by atoms with Crippen LogP contribution in [0.15, 0.2) is 53.2 Å². The third-order valence-electron chi connectivity index (χ3n) is 4.00. The highest BCUT2D eigenvalue weighted by molar-refractivity contribution is 5.82. The third kappa shape index (κ3) is 3.78. The number of aromatic amines is 1. The van der Waals surface area contributed by atoms with Gasteiger partial charge in [0.15, 0.2) is 11.6 Å². The summed E-state index contributed by atoms with van der Waals surface area (Å²) in [5, 5.41) is 17.2. The maximum Gasteiger partial charge on any atom is 0.228 e. The average molecular weight is 377 g/mol. The lowest BCUT2D eigenvalue weighted by Crippen LogP contribution is -2.08. The second-order valence-corrected chi connectivity index (χ2v) is 6.04. The number of H-pyrrole nitrogens is 1. The molecule has 28 heavy (non-hydrogen) atoms. The third-order valence-corrected chi connectivity index (χ3v) is 4.00. The molecule has 142 valence electrons. The highest BCUT2D eigenvalue weighted by atomic mass is 16.5. The zero-order valence-electron chi connectivity index (χ0n) is 15.4. The molecule has 0 aliphatic rings. The minimum atomic E-state index is 0.391. The van der Waals surface area contributed by atoms with Crippen molar-refractivity contribution in [2.75, 3.05) is 17.7 Å². The van der Waals surface area contributed by atoms with E-state index in [-0.39, 0.29) is 0 Å². The van der Waals surface area contributed by atoms with E-state index >= 15 is 0 Å². The van der Waals surface area contributed by atoms with Gasteiger partial charge in [0.1, 0.15) is 5.82 Å². The van der Waals surface area contributed by atoms with Crippen molar-refractivity contribution in [1.82, 2.24) is 25.3 Å². The predicted molar refractivity (Wildman–Crippen MR) is 104 cm³/mol. The van der Waals surface area contributed by atoms with Crippen molar-refractivity contribution >= 4 is 17.6 Å². The summed E-state index contributed by atoms with van der Waals surface area (Å²) in [4.78, 5) is 9.13. The number of nitrogens with one attached hydrogen (secondary N) is 3. The topological polar surface area (TPSA) is 114 Å². The Hall–Kier alpha value is -3.88. The van der Waals surface area contributed by atoms with E-state index in [1.165, 1.54) is 0 Å². The molecule has 0 aliphatic heterocycles. The quantitative estimate of drug-likeness (QED) is 0.448. The molecule has 3 aromatic heterocycles. The van der Waals surface area contributed by atoms with E-state index in [0.29, 0.717) is 35.8 Å². The number of benzene rings is 1. The molecule has 4 aromatic rings. The summed E-state index contributed by atoms with van der Waals surface area (Å²) >= 11 is 0. The van der Waals surface area contributed by atoms with Crippen LogP contribution in [0.3, 0.4) is 0 Å². The first kappa shape index (κ1) is 17.5. The Kier molecular flexibility index (Phi) is 4.87. The van der Waals surface area contributed by atoms with Gasteiger partial charge >= 0.3 is 0 Å². The van der Waals surface area contributed by atoms with Gasteiger partial charge in [-0.15, -0.1) is 0 Å². The summed E-state index contributed by atoms with van der Waals surface area (Å²) in [5.41, 5.74) is 2.61. The van der Waals surface area contributed by atoms with Crippen molar-refractivity contribution in [3.05, 3.63) is 60.1 Å². The van der Waals surface area contributed by atoms with Crippen LogP contribution in [-0.2, 0) is 6.54 Å². The summed E-state index contributed by atoms with van der Waals surface area (Å²) in [6, 6.07) is 13.5. The largest absolute Gasteiger partial charge is 0.480 e. The monoisotopic (exact) mass is 377 g/mol. The molecular formula is C19H19N7O2. The number of ether oxygens (including phenoxy) is 1. The number of aryl methyl sites for hydroxylation is 1. The molecule has 3 heterocycles. The minimum Gasteiger partial charge on any atom is -0.480 e. The lowest BCUT2D eigenvalue weighted by Gasteiger charge is -2.15. The maximum atomic E-state index is 5.57. The van der Waals surface area contributed by atoms with Gasteiger partial charge in [-0.3, -0.25) is 5.10 Å². The molecule has 0 aliphatic carbocycles. The molecule has 0 bridgehead atoms. The van der Waals surface area contributed by atoms with Crippen molar-refractivity contribution < 1.29 is 9.26 Å². The second-order valence-electron chi connectivity index (χ2n) is 6.04. The summed E-state index contributed by atoms with van der Waals surface area (Å²) in [5.74, 6) is 2.73. The normalized spacial score (nSPS) is 10.6. The van der Waals surface area contributed by atoms with E-state index in [4.69, 9.17) is 9.26 Å². The SMILES string of the molecule is COc1nc(NCc2ccno2)nc(Nc2cc(C)[nH]n2)c1-c1ccccc1. The molecule has 1 aromatic carbocycles. The van der Waals surface area contributed by atoms with E-state index in [1.807, 2.05) is 43.3 Å². The molecule has 9 heteroatoms. The van der Waals surface area contributed by atoms with Gasteiger partial charge in [0, 0.05) is 17.8 Å². The Labute approximate surface area is 161 Å². The average Bonchev–Trinajstić information content (AvgIpc) is 3.38. The van der Waals surface area contributed by atoms with Crippen molar-refractivity contribution in [3.8, 4) is 17.0 Å². The first-order valence-electron chi connectivity index (χ1n) is 8.67. The number of methoxy groups -OCH3 is 1. The number of aromatic nitrogens is 5. The molecule has 0 amide bonds. The van der Waals surface area contributed by atoms with Gasteiger partial charge in [-0.05, 0) is 12.5 Å². The zero-order valence-corrected chi connectivity index (χ0v) is 15.4. The van der Waals surface area contributed by atoms with Gasteiger partial charge in [0.05, 0.1) is 25.4 Å². The smallest absolute Gasteiger partial charge is 0.228 e. The van der Waals surface area contributed by atoms with Crippen LogP contribution in [0.5, 0.6) is 5.88 Å². The van der Waals surface area contributed by atoms with Gasteiger partial charge < -0.3 is 19.9 Å². The Morgan fingerprint density at radius 2 is 2.00 bits per heavy atom. The van der Waals surface area contributed by atoms with E-state index in [0.717, 1.165) is 16.8 Å². The number of nitrogens with zero attached hydrogens (tertiary/aromatic N) is 4. The second kappa shape index (κ2) is 7.78. The van der Waals surface area contributed by atoms with Crippen molar-refractivity contribution in [3.63, 3.8) is 0 Å². The fraction of sp³-hybridized carbons (Fsp3) is 0.158. The molecule has 9 nitrogen and oxygen atoms in total. The number of hydrogen-bond acceptors (Lipinski definition) is 8. The van der Waals surface area contributed by atoms with Gasteiger partial charge in [-0.1, -0.05) is 35.5 Å². The molecule has 0 saturated carbocycles. The molecular weight excluding hydrogens is 358 g/mol. The molecule has 0 spiro atoms. The maximum absolute atomic E-state index is 5.57. The Bertz CT molecular complexity index is 1050. The molecule has 3 N–H and O–H groups in total.